The van der Waals surface area contributed by atoms with Gasteiger partial charge in [-0.05, 0) is 19.8 Å². The van der Waals surface area contributed by atoms with Gasteiger partial charge in [0.15, 0.2) is 0 Å². The highest BCUT2D eigenvalue weighted by molar-refractivity contribution is 4.90. The first-order valence-corrected chi connectivity index (χ1v) is 3.63. The lowest BCUT2D eigenvalue weighted by Gasteiger charge is -2.26. The molecule has 0 amide bonds. The summed E-state index contributed by atoms with van der Waals surface area (Å²) in [6.45, 7) is 1.88. The van der Waals surface area contributed by atoms with Gasteiger partial charge in [-0.1, -0.05) is 12.8 Å². The lowest BCUT2D eigenvalue weighted by atomic mass is 9.95. The van der Waals surface area contributed by atoms with Crippen molar-refractivity contribution >= 4 is 0 Å². The first-order chi connectivity index (χ1) is 4.15. The Hall–Kier alpha value is -0.0800. The number of hydrogen-bond donors (Lipinski definition) is 2. The zero-order valence-corrected chi connectivity index (χ0v) is 5.93. The summed E-state index contributed by atoms with van der Waals surface area (Å²) < 4.78 is 0. The van der Waals surface area contributed by atoms with Gasteiger partial charge in [-0.15, -0.1) is 0 Å². The second-order valence-corrected chi connectivity index (χ2v) is 3.10. The largest absolute Gasteiger partial charge is 0.388 e. The smallest absolute Gasteiger partial charge is 0.0795 e. The maximum absolute atomic E-state index is 9.64. The van der Waals surface area contributed by atoms with Crippen molar-refractivity contribution in [2.75, 3.05) is 0 Å². The van der Waals surface area contributed by atoms with Crippen molar-refractivity contribution in [1.29, 1.82) is 0 Å². The highest BCUT2D eigenvalue weighted by Crippen LogP contribution is 2.31. The minimum absolute atomic E-state index is 0.0556. The summed E-state index contributed by atoms with van der Waals surface area (Å²) in [6.07, 6.45) is 4.06. The molecule has 0 aromatic carbocycles. The van der Waals surface area contributed by atoms with Crippen molar-refractivity contribution in [2.24, 2.45) is 5.73 Å². The molecule has 2 heteroatoms. The Morgan fingerprint density at radius 2 is 1.89 bits per heavy atom. The Bertz CT molecular complexity index is 95.1. The van der Waals surface area contributed by atoms with E-state index in [4.69, 9.17) is 5.73 Å². The molecule has 0 unspecified atom stereocenters. The summed E-state index contributed by atoms with van der Waals surface area (Å²) in [7, 11) is 0. The highest BCUT2D eigenvalue weighted by Gasteiger charge is 2.34. The molecule has 9 heavy (non-hydrogen) atoms. The average Bonchev–Trinajstić information content (AvgIpc) is 2.16. The van der Waals surface area contributed by atoms with Crippen LogP contribution in [0.1, 0.15) is 32.6 Å². The van der Waals surface area contributed by atoms with Crippen LogP contribution in [0, 0.1) is 0 Å². The van der Waals surface area contributed by atoms with Crippen LogP contribution in [-0.4, -0.2) is 16.7 Å². The molecule has 1 atom stereocenters. The van der Waals surface area contributed by atoms with Crippen LogP contribution in [0.2, 0.25) is 0 Å². The van der Waals surface area contributed by atoms with Gasteiger partial charge in [-0.3, -0.25) is 0 Å². The predicted molar refractivity (Wildman–Crippen MR) is 37.1 cm³/mol. The second kappa shape index (κ2) is 2.27. The van der Waals surface area contributed by atoms with E-state index in [9.17, 15) is 5.11 Å². The van der Waals surface area contributed by atoms with Crippen molar-refractivity contribution in [3.05, 3.63) is 0 Å². The molecule has 1 rings (SSSR count). The van der Waals surface area contributed by atoms with Crippen LogP contribution in [0.3, 0.4) is 0 Å². The Balaban J connectivity index is 2.51. The van der Waals surface area contributed by atoms with Gasteiger partial charge in [-0.2, -0.15) is 0 Å². The van der Waals surface area contributed by atoms with Gasteiger partial charge in [0.1, 0.15) is 0 Å². The summed E-state index contributed by atoms with van der Waals surface area (Å²) in [4.78, 5) is 0. The van der Waals surface area contributed by atoms with E-state index < -0.39 is 5.60 Å². The lowest BCUT2D eigenvalue weighted by molar-refractivity contribution is 0.0267. The van der Waals surface area contributed by atoms with E-state index in [-0.39, 0.29) is 6.04 Å². The number of nitrogens with two attached hydrogens (primary N) is 1. The number of aliphatic hydroxyl groups is 1. The van der Waals surface area contributed by atoms with Gasteiger partial charge in [0.2, 0.25) is 0 Å². The van der Waals surface area contributed by atoms with Crippen molar-refractivity contribution in [2.45, 2.75) is 44.2 Å². The molecule has 0 heterocycles. The quantitative estimate of drug-likeness (QED) is 0.545. The van der Waals surface area contributed by atoms with Crippen molar-refractivity contribution in [3.8, 4) is 0 Å². The molecule has 54 valence electrons. The molecule has 0 spiro atoms. The van der Waals surface area contributed by atoms with Crippen LogP contribution in [0.25, 0.3) is 0 Å². The number of rotatable bonds is 1. The fraction of sp³-hybridized carbons (Fsp3) is 1.00. The summed E-state index contributed by atoms with van der Waals surface area (Å²) in [5, 5.41) is 9.64. The molecular weight excluding hydrogens is 114 g/mol. The fourth-order valence-corrected chi connectivity index (χ4v) is 1.44. The summed E-state index contributed by atoms with van der Waals surface area (Å²) in [5.41, 5.74) is 5.05. The molecule has 2 nitrogen and oxygen atoms in total. The standard InChI is InChI=1S/C7H15NO/c1-6(8)7(9)4-2-3-5-7/h6,9H,2-5,8H2,1H3/t6-/m0/s1. The number of hydrogen-bond acceptors (Lipinski definition) is 2. The van der Waals surface area contributed by atoms with Gasteiger partial charge < -0.3 is 10.8 Å². The Labute approximate surface area is 56.1 Å². The van der Waals surface area contributed by atoms with Gasteiger partial charge in [0.05, 0.1) is 5.60 Å². The van der Waals surface area contributed by atoms with E-state index in [0.717, 1.165) is 25.7 Å². The molecule has 0 aromatic heterocycles. The third kappa shape index (κ3) is 1.25. The zero-order chi connectivity index (χ0) is 6.91. The minimum atomic E-state index is -0.528. The van der Waals surface area contributed by atoms with Crippen molar-refractivity contribution in [3.63, 3.8) is 0 Å². The predicted octanol–water partition coefficient (Wildman–Crippen LogP) is 0.639. The highest BCUT2D eigenvalue weighted by atomic mass is 16.3. The molecule has 1 fully saturated rings. The molecule has 1 aliphatic carbocycles. The van der Waals surface area contributed by atoms with Crippen LogP contribution >= 0.6 is 0 Å². The fourth-order valence-electron chi connectivity index (χ4n) is 1.44. The molecule has 0 aliphatic heterocycles. The third-order valence-corrected chi connectivity index (χ3v) is 2.32. The zero-order valence-electron chi connectivity index (χ0n) is 5.93. The van der Waals surface area contributed by atoms with Gasteiger partial charge >= 0.3 is 0 Å². The van der Waals surface area contributed by atoms with Crippen LogP contribution < -0.4 is 5.73 Å². The van der Waals surface area contributed by atoms with Gasteiger partial charge in [0, 0.05) is 6.04 Å². The molecule has 0 bridgehead atoms. The van der Waals surface area contributed by atoms with E-state index in [0.29, 0.717) is 0 Å². The molecular formula is C7H15NO. The van der Waals surface area contributed by atoms with E-state index >= 15 is 0 Å². The second-order valence-electron chi connectivity index (χ2n) is 3.10. The Kier molecular flexibility index (Phi) is 1.78. The van der Waals surface area contributed by atoms with Crippen LogP contribution in [0.15, 0.2) is 0 Å². The van der Waals surface area contributed by atoms with E-state index in [2.05, 4.69) is 0 Å². The molecule has 0 aromatic rings. The topological polar surface area (TPSA) is 46.2 Å². The van der Waals surface area contributed by atoms with E-state index in [1.165, 1.54) is 0 Å². The first-order valence-electron chi connectivity index (χ1n) is 3.63. The summed E-state index contributed by atoms with van der Waals surface area (Å²) in [6, 6.07) is -0.0556. The van der Waals surface area contributed by atoms with E-state index in [1.54, 1.807) is 0 Å². The monoisotopic (exact) mass is 129 g/mol. The van der Waals surface area contributed by atoms with Crippen molar-refractivity contribution < 1.29 is 5.11 Å². The minimum Gasteiger partial charge on any atom is -0.388 e. The molecule has 1 saturated carbocycles. The third-order valence-electron chi connectivity index (χ3n) is 2.32. The summed E-state index contributed by atoms with van der Waals surface area (Å²) in [5.74, 6) is 0. The Morgan fingerprint density at radius 3 is 2.11 bits per heavy atom. The van der Waals surface area contributed by atoms with Gasteiger partial charge in [-0.25, -0.2) is 0 Å². The molecule has 0 radical (unpaired) electrons. The first kappa shape index (κ1) is 7.03. The lowest BCUT2D eigenvalue weighted by Crippen LogP contribution is -2.43. The van der Waals surface area contributed by atoms with Crippen LogP contribution in [0.4, 0.5) is 0 Å². The molecule has 0 saturated heterocycles. The molecule has 1 aliphatic rings. The summed E-state index contributed by atoms with van der Waals surface area (Å²) >= 11 is 0. The maximum atomic E-state index is 9.64. The van der Waals surface area contributed by atoms with Crippen LogP contribution in [0.5, 0.6) is 0 Å². The van der Waals surface area contributed by atoms with Crippen molar-refractivity contribution in [1.82, 2.24) is 0 Å². The van der Waals surface area contributed by atoms with E-state index in [1.807, 2.05) is 6.92 Å². The van der Waals surface area contributed by atoms with Crippen LogP contribution in [-0.2, 0) is 0 Å². The normalized spacial score (nSPS) is 28.3. The molecule has 3 N–H and O–H groups in total. The van der Waals surface area contributed by atoms with Gasteiger partial charge in [0.25, 0.3) is 0 Å². The Morgan fingerprint density at radius 1 is 1.44 bits per heavy atom. The maximum Gasteiger partial charge on any atom is 0.0795 e. The SMILES string of the molecule is C[C@H](N)C1(O)CCCC1. The average molecular weight is 129 g/mol.